The van der Waals surface area contributed by atoms with Gasteiger partial charge in [-0.2, -0.15) is 4.98 Å². The highest BCUT2D eigenvalue weighted by Crippen LogP contribution is 2.32. The van der Waals surface area contributed by atoms with Crippen molar-refractivity contribution in [3.05, 3.63) is 85.2 Å². The van der Waals surface area contributed by atoms with Gasteiger partial charge in [-0.15, -0.1) is 0 Å². The largest absolute Gasteiger partial charge is 0.338 e. The lowest BCUT2D eigenvalue weighted by Crippen LogP contribution is -2.39. The van der Waals surface area contributed by atoms with Gasteiger partial charge in [0, 0.05) is 37.3 Å². The predicted molar refractivity (Wildman–Crippen MR) is 129 cm³/mol. The number of non-ortho nitro benzene ring substituents is 1. The third-order valence-electron chi connectivity index (χ3n) is 6.36. The number of fused-ring (bicyclic) bond motifs is 2. The van der Waals surface area contributed by atoms with E-state index in [2.05, 4.69) is 26.7 Å². The number of aromatic nitrogens is 2. The number of hydrogen-bond donors (Lipinski definition) is 3. The second-order valence-electron chi connectivity index (χ2n) is 8.64. The Morgan fingerprint density at radius 1 is 1.20 bits per heavy atom. The van der Waals surface area contributed by atoms with Gasteiger partial charge in [0.15, 0.2) is 0 Å². The summed E-state index contributed by atoms with van der Waals surface area (Å²) in [4.78, 5) is 58.3. The first kappa shape index (κ1) is 22.3. The molecule has 0 unspecified atom stereocenters. The van der Waals surface area contributed by atoms with Gasteiger partial charge in [-0.1, -0.05) is 24.3 Å². The molecule has 178 valence electrons. The van der Waals surface area contributed by atoms with Crippen molar-refractivity contribution in [3.63, 3.8) is 0 Å². The molecule has 0 saturated heterocycles. The van der Waals surface area contributed by atoms with Crippen LogP contribution in [-0.2, 0) is 22.6 Å². The standard InChI is InChI=1S/C24H22N6O5/c1-13-10-16(30(34)35)6-7-18(13)25-22(32)17-11-19(31)26-21-20(17)23(33)28-24(27-21)29-9-8-14-4-2-3-5-15(14)12-29/h2-7,10,17H,8-9,11-12H2,1H3,(H,25,32)(H2,26,27,28,31,33)/t17-/m1/s1. The van der Waals surface area contributed by atoms with Crippen LogP contribution in [0.1, 0.15) is 34.6 Å². The maximum Gasteiger partial charge on any atom is 0.269 e. The van der Waals surface area contributed by atoms with Gasteiger partial charge in [-0.05, 0) is 36.1 Å². The van der Waals surface area contributed by atoms with Crippen LogP contribution < -0.4 is 21.1 Å². The molecule has 0 bridgehead atoms. The summed E-state index contributed by atoms with van der Waals surface area (Å²) in [6, 6.07) is 12.1. The van der Waals surface area contributed by atoms with Crippen molar-refractivity contribution >= 4 is 35.0 Å². The Hall–Kier alpha value is -4.54. The fourth-order valence-corrected chi connectivity index (χ4v) is 4.53. The number of nitrogens with one attached hydrogen (secondary N) is 3. The number of H-pyrrole nitrogens is 1. The molecule has 11 heteroatoms. The lowest BCUT2D eigenvalue weighted by atomic mass is 9.92. The number of hydrogen-bond acceptors (Lipinski definition) is 7. The summed E-state index contributed by atoms with van der Waals surface area (Å²) in [6.45, 7) is 2.84. The zero-order valence-electron chi connectivity index (χ0n) is 18.8. The lowest BCUT2D eigenvalue weighted by molar-refractivity contribution is -0.384. The van der Waals surface area contributed by atoms with Crippen LogP contribution in [0.2, 0.25) is 0 Å². The van der Waals surface area contributed by atoms with E-state index in [1.807, 2.05) is 23.1 Å². The van der Waals surface area contributed by atoms with Crippen molar-refractivity contribution in [2.24, 2.45) is 0 Å². The number of benzene rings is 2. The SMILES string of the molecule is Cc1cc([N+](=O)[O-])ccc1NC(=O)[C@@H]1CC(=O)Nc2nc(N3CCc4ccccc4C3)[nH]c(=O)c21. The Labute approximate surface area is 199 Å². The number of nitro benzene ring substituents is 1. The van der Waals surface area contributed by atoms with Crippen LogP contribution in [0.15, 0.2) is 47.3 Å². The number of amides is 2. The zero-order valence-corrected chi connectivity index (χ0v) is 18.8. The molecule has 0 aliphatic carbocycles. The Kier molecular flexibility index (Phi) is 5.51. The molecular weight excluding hydrogens is 452 g/mol. The molecular formula is C24H22N6O5. The number of nitro groups is 1. The molecule has 35 heavy (non-hydrogen) atoms. The molecule has 5 rings (SSSR count). The van der Waals surface area contributed by atoms with Gasteiger partial charge < -0.3 is 15.5 Å². The Morgan fingerprint density at radius 2 is 1.97 bits per heavy atom. The summed E-state index contributed by atoms with van der Waals surface area (Å²) < 4.78 is 0. The van der Waals surface area contributed by atoms with E-state index in [9.17, 15) is 24.5 Å². The predicted octanol–water partition coefficient (Wildman–Crippen LogP) is 2.61. The van der Waals surface area contributed by atoms with Crippen LogP contribution in [0.5, 0.6) is 0 Å². The van der Waals surface area contributed by atoms with E-state index in [0.717, 1.165) is 12.0 Å². The molecule has 0 radical (unpaired) electrons. The van der Waals surface area contributed by atoms with E-state index in [0.29, 0.717) is 30.3 Å². The van der Waals surface area contributed by atoms with Crippen LogP contribution in [0.25, 0.3) is 0 Å². The van der Waals surface area contributed by atoms with Crippen LogP contribution in [-0.4, -0.2) is 33.3 Å². The first-order valence-electron chi connectivity index (χ1n) is 11.1. The number of rotatable bonds is 4. The monoisotopic (exact) mass is 474 g/mol. The summed E-state index contributed by atoms with van der Waals surface area (Å²) >= 11 is 0. The average Bonchev–Trinajstić information content (AvgIpc) is 2.83. The van der Waals surface area contributed by atoms with Crippen molar-refractivity contribution in [2.45, 2.75) is 32.2 Å². The minimum absolute atomic E-state index is 0.0689. The third kappa shape index (κ3) is 4.23. The maximum absolute atomic E-state index is 13.1. The molecule has 1 atom stereocenters. The molecule has 0 saturated carbocycles. The smallest absolute Gasteiger partial charge is 0.269 e. The highest BCUT2D eigenvalue weighted by molar-refractivity contribution is 6.04. The van der Waals surface area contributed by atoms with E-state index >= 15 is 0 Å². The first-order chi connectivity index (χ1) is 16.8. The highest BCUT2D eigenvalue weighted by Gasteiger charge is 2.35. The van der Waals surface area contributed by atoms with Gasteiger partial charge in [-0.25, -0.2) is 0 Å². The number of carbonyl (C=O) groups excluding carboxylic acids is 2. The number of anilines is 3. The molecule has 0 spiro atoms. The average molecular weight is 474 g/mol. The molecule has 2 aliphatic heterocycles. The summed E-state index contributed by atoms with van der Waals surface area (Å²) in [5.74, 6) is -1.65. The molecule has 1 aromatic heterocycles. The summed E-state index contributed by atoms with van der Waals surface area (Å²) in [5, 5.41) is 16.3. The van der Waals surface area contributed by atoms with Crippen LogP contribution in [0.4, 0.5) is 23.1 Å². The van der Waals surface area contributed by atoms with Gasteiger partial charge in [-0.3, -0.25) is 29.5 Å². The molecule has 3 N–H and O–H groups in total. The fourth-order valence-electron chi connectivity index (χ4n) is 4.53. The van der Waals surface area contributed by atoms with Crippen molar-refractivity contribution in [1.29, 1.82) is 0 Å². The number of carbonyl (C=O) groups is 2. The second kappa shape index (κ2) is 8.67. The molecule has 3 aromatic rings. The van der Waals surface area contributed by atoms with Gasteiger partial charge in [0.1, 0.15) is 5.82 Å². The van der Waals surface area contributed by atoms with Gasteiger partial charge in [0.25, 0.3) is 11.2 Å². The van der Waals surface area contributed by atoms with Crippen LogP contribution in [0.3, 0.4) is 0 Å². The summed E-state index contributed by atoms with van der Waals surface area (Å²) in [6.07, 6.45) is 0.578. The molecule has 3 heterocycles. The molecule has 2 aromatic carbocycles. The van der Waals surface area contributed by atoms with E-state index in [-0.39, 0.29) is 23.5 Å². The normalized spacial score (nSPS) is 16.7. The minimum atomic E-state index is -1.05. The molecule has 11 nitrogen and oxygen atoms in total. The molecule has 2 aliphatic rings. The lowest BCUT2D eigenvalue weighted by Gasteiger charge is -2.30. The van der Waals surface area contributed by atoms with E-state index < -0.39 is 28.2 Å². The molecule has 0 fully saturated rings. The maximum atomic E-state index is 13.1. The van der Waals surface area contributed by atoms with Crippen molar-refractivity contribution in [1.82, 2.24) is 9.97 Å². The second-order valence-corrected chi connectivity index (χ2v) is 8.64. The van der Waals surface area contributed by atoms with Crippen LogP contribution >= 0.6 is 0 Å². The summed E-state index contributed by atoms with van der Waals surface area (Å²) in [7, 11) is 0. The first-order valence-corrected chi connectivity index (χ1v) is 11.1. The third-order valence-corrected chi connectivity index (χ3v) is 6.36. The Bertz CT molecular complexity index is 1430. The fraction of sp³-hybridized carbons (Fsp3) is 0.250. The highest BCUT2D eigenvalue weighted by atomic mass is 16.6. The molecule has 2 amide bonds. The number of aromatic amines is 1. The van der Waals surface area contributed by atoms with Crippen LogP contribution in [0, 0.1) is 17.0 Å². The van der Waals surface area contributed by atoms with Crippen molar-refractivity contribution < 1.29 is 14.5 Å². The van der Waals surface area contributed by atoms with Gasteiger partial charge in [0.2, 0.25) is 17.8 Å². The Morgan fingerprint density at radius 3 is 2.71 bits per heavy atom. The summed E-state index contributed by atoms with van der Waals surface area (Å²) in [5.41, 5.74) is 2.72. The minimum Gasteiger partial charge on any atom is -0.338 e. The quantitative estimate of drug-likeness (QED) is 0.388. The number of aryl methyl sites for hydroxylation is 1. The topological polar surface area (TPSA) is 150 Å². The van der Waals surface area contributed by atoms with E-state index in [1.54, 1.807) is 6.92 Å². The Balaban J connectivity index is 1.43. The zero-order chi connectivity index (χ0) is 24.7. The van der Waals surface area contributed by atoms with Crippen molar-refractivity contribution in [2.75, 3.05) is 22.1 Å². The van der Waals surface area contributed by atoms with Crippen molar-refractivity contribution in [3.8, 4) is 0 Å². The van der Waals surface area contributed by atoms with Gasteiger partial charge in [0.05, 0.1) is 16.4 Å². The van der Waals surface area contributed by atoms with E-state index in [1.165, 1.54) is 23.8 Å². The number of nitrogens with zero attached hydrogens (tertiary/aromatic N) is 3. The van der Waals surface area contributed by atoms with E-state index in [4.69, 9.17) is 0 Å². The van der Waals surface area contributed by atoms with Gasteiger partial charge >= 0.3 is 0 Å².